The number of halogens is 2. The highest BCUT2D eigenvalue weighted by atomic mass is 32.1. The van der Waals surface area contributed by atoms with Gasteiger partial charge in [0.15, 0.2) is 0 Å². The molecule has 0 atom stereocenters. The minimum absolute atomic E-state index is 0.448. The second-order valence-corrected chi connectivity index (χ2v) is 5.30. The van der Waals surface area contributed by atoms with Crippen molar-refractivity contribution in [3.8, 4) is 0 Å². The molecule has 0 spiro atoms. The smallest absolute Gasteiger partial charge is 0.129 e. The molecule has 4 heteroatoms. The van der Waals surface area contributed by atoms with Gasteiger partial charge in [0, 0.05) is 23.8 Å². The number of nitrogens with zero attached hydrogens (tertiary/aromatic N) is 1. The Balaban J connectivity index is 1.80. The molecule has 1 aromatic heterocycles. The lowest BCUT2D eigenvalue weighted by molar-refractivity contribution is 0.574. The van der Waals surface area contributed by atoms with E-state index in [9.17, 15) is 8.78 Å². The molecule has 0 amide bonds. The summed E-state index contributed by atoms with van der Waals surface area (Å²) in [5.74, 6) is -0.407. The Kier molecular flexibility index (Phi) is 2.67. The molecule has 1 aliphatic rings. The second kappa shape index (κ2) is 4.18. The minimum atomic E-state index is -0.538. The molecule has 1 fully saturated rings. The fourth-order valence-corrected chi connectivity index (χ4v) is 2.70. The standard InChI is InChI=1S/C13H11F2NS/c14-10-4-3-9(11(15)6-10)5-13-16-12(7-17-13)8-1-2-8/h3-4,6-8H,1-2,5H2. The topological polar surface area (TPSA) is 12.9 Å². The molecule has 1 aromatic carbocycles. The van der Waals surface area contributed by atoms with Crippen molar-refractivity contribution >= 4 is 11.3 Å². The second-order valence-electron chi connectivity index (χ2n) is 4.35. The molecule has 2 aromatic rings. The molecular formula is C13H11F2NS. The number of rotatable bonds is 3. The van der Waals surface area contributed by atoms with Crippen LogP contribution in [0.5, 0.6) is 0 Å². The first-order valence-corrected chi connectivity index (χ1v) is 6.48. The van der Waals surface area contributed by atoms with Gasteiger partial charge in [0.25, 0.3) is 0 Å². The molecule has 0 bridgehead atoms. The third-order valence-electron chi connectivity index (χ3n) is 2.92. The van der Waals surface area contributed by atoms with Gasteiger partial charge in [-0.25, -0.2) is 13.8 Å². The fraction of sp³-hybridized carbons (Fsp3) is 0.308. The highest BCUT2D eigenvalue weighted by Crippen LogP contribution is 2.40. The van der Waals surface area contributed by atoms with E-state index in [2.05, 4.69) is 10.4 Å². The number of hydrogen-bond donors (Lipinski definition) is 0. The quantitative estimate of drug-likeness (QED) is 0.806. The SMILES string of the molecule is Fc1ccc(Cc2nc(C3CC3)cs2)c(F)c1. The van der Waals surface area contributed by atoms with Gasteiger partial charge in [0.1, 0.15) is 11.6 Å². The molecule has 1 nitrogen and oxygen atoms in total. The summed E-state index contributed by atoms with van der Waals surface area (Å²) >= 11 is 1.55. The van der Waals surface area contributed by atoms with Gasteiger partial charge in [0.2, 0.25) is 0 Å². The van der Waals surface area contributed by atoms with Crippen molar-refractivity contribution in [1.29, 1.82) is 0 Å². The van der Waals surface area contributed by atoms with Gasteiger partial charge >= 0.3 is 0 Å². The van der Waals surface area contributed by atoms with Crippen LogP contribution in [0, 0.1) is 11.6 Å². The molecule has 3 rings (SSSR count). The first-order valence-electron chi connectivity index (χ1n) is 5.60. The summed E-state index contributed by atoms with van der Waals surface area (Å²) in [5.41, 5.74) is 1.63. The molecular weight excluding hydrogens is 240 g/mol. The van der Waals surface area contributed by atoms with E-state index in [0.29, 0.717) is 17.9 Å². The van der Waals surface area contributed by atoms with Crippen molar-refractivity contribution < 1.29 is 8.78 Å². The zero-order valence-corrected chi connectivity index (χ0v) is 9.94. The fourth-order valence-electron chi connectivity index (χ4n) is 1.80. The zero-order valence-electron chi connectivity index (χ0n) is 9.12. The Morgan fingerprint density at radius 1 is 1.29 bits per heavy atom. The molecule has 0 aliphatic heterocycles. The number of benzene rings is 1. The van der Waals surface area contributed by atoms with E-state index >= 15 is 0 Å². The van der Waals surface area contributed by atoms with Crippen LogP contribution in [0.15, 0.2) is 23.6 Å². The molecule has 17 heavy (non-hydrogen) atoms. The first-order chi connectivity index (χ1) is 8.22. The molecule has 88 valence electrons. The molecule has 0 saturated heterocycles. The van der Waals surface area contributed by atoms with Crippen LogP contribution in [0.3, 0.4) is 0 Å². The van der Waals surface area contributed by atoms with Gasteiger partial charge < -0.3 is 0 Å². The maximum Gasteiger partial charge on any atom is 0.129 e. The summed E-state index contributed by atoms with van der Waals surface area (Å²) in [5, 5.41) is 2.95. The van der Waals surface area contributed by atoms with Gasteiger partial charge in [-0.1, -0.05) is 6.07 Å². The van der Waals surface area contributed by atoms with Crippen LogP contribution < -0.4 is 0 Å². The molecule has 0 unspecified atom stereocenters. The van der Waals surface area contributed by atoms with Crippen LogP contribution in [-0.2, 0) is 6.42 Å². The van der Waals surface area contributed by atoms with E-state index in [0.717, 1.165) is 16.8 Å². The van der Waals surface area contributed by atoms with Crippen LogP contribution >= 0.6 is 11.3 Å². The van der Waals surface area contributed by atoms with E-state index in [1.54, 1.807) is 11.3 Å². The lowest BCUT2D eigenvalue weighted by Crippen LogP contribution is -1.93. The Bertz CT molecular complexity index is 546. The van der Waals surface area contributed by atoms with E-state index < -0.39 is 11.6 Å². The van der Waals surface area contributed by atoms with E-state index in [-0.39, 0.29) is 0 Å². The normalized spacial score (nSPS) is 15.2. The summed E-state index contributed by atoms with van der Waals surface area (Å²) in [7, 11) is 0. The summed E-state index contributed by atoms with van der Waals surface area (Å²) in [6.45, 7) is 0. The van der Waals surface area contributed by atoms with Crippen LogP contribution in [0.2, 0.25) is 0 Å². The number of aromatic nitrogens is 1. The van der Waals surface area contributed by atoms with Gasteiger partial charge in [-0.05, 0) is 24.5 Å². The van der Waals surface area contributed by atoms with Crippen molar-refractivity contribution in [3.63, 3.8) is 0 Å². The van der Waals surface area contributed by atoms with E-state index in [4.69, 9.17) is 0 Å². The molecule has 1 saturated carbocycles. The van der Waals surface area contributed by atoms with Crippen LogP contribution in [0.1, 0.15) is 35.0 Å². The van der Waals surface area contributed by atoms with Crippen LogP contribution in [0.25, 0.3) is 0 Å². The van der Waals surface area contributed by atoms with Crippen molar-refractivity contribution in [1.82, 2.24) is 4.98 Å². The number of hydrogen-bond acceptors (Lipinski definition) is 2. The van der Waals surface area contributed by atoms with Crippen LogP contribution in [-0.4, -0.2) is 4.98 Å². The Morgan fingerprint density at radius 3 is 2.82 bits per heavy atom. The van der Waals surface area contributed by atoms with E-state index in [1.165, 1.54) is 25.0 Å². The third-order valence-corrected chi connectivity index (χ3v) is 3.79. The third kappa shape index (κ3) is 2.36. The van der Waals surface area contributed by atoms with Gasteiger partial charge in [-0.3, -0.25) is 0 Å². The van der Waals surface area contributed by atoms with Crippen molar-refractivity contribution in [2.45, 2.75) is 25.2 Å². The average Bonchev–Trinajstić information content (AvgIpc) is 3.04. The lowest BCUT2D eigenvalue weighted by Gasteiger charge is -2.00. The predicted molar refractivity (Wildman–Crippen MR) is 63.3 cm³/mol. The van der Waals surface area contributed by atoms with Gasteiger partial charge in [0.05, 0.1) is 10.7 Å². The summed E-state index contributed by atoms with van der Waals surface area (Å²) < 4.78 is 26.2. The average molecular weight is 251 g/mol. The Labute approximate surface area is 102 Å². The van der Waals surface area contributed by atoms with Crippen molar-refractivity contribution in [3.05, 3.63) is 51.5 Å². The van der Waals surface area contributed by atoms with E-state index in [1.807, 2.05) is 0 Å². The summed E-state index contributed by atoms with van der Waals surface area (Å²) in [6.07, 6.45) is 2.88. The predicted octanol–water partition coefficient (Wildman–Crippen LogP) is 3.89. The maximum atomic E-state index is 13.5. The number of thiazole rings is 1. The maximum absolute atomic E-state index is 13.5. The zero-order chi connectivity index (χ0) is 11.8. The van der Waals surface area contributed by atoms with Gasteiger partial charge in [-0.15, -0.1) is 11.3 Å². The highest BCUT2D eigenvalue weighted by Gasteiger charge is 2.26. The molecule has 0 radical (unpaired) electrons. The summed E-state index contributed by atoms with van der Waals surface area (Å²) in [6, 6.07) is 3.70. The van der Waals surface area contributed by atoms with Crippen molar-refractivity contribution in [2.75, 3.05) is 0 Å². The summed E-state index contributed by atoms with van der Waals surface area (Å²) in [4.78, 5) is 4.49. The highest BCUT2D eigenvalue weighted by molar-refractivity contribution is 7.09. The first kappa shape index (κ1) is 10.8. The van der Waals surface area contributed by atoms with Crippen LogP contribution in [0.4, 0.5) is 8.78 Å². The minimum Gasteiger partial charge on any atom is -0.246 e. The molecule has 0 N–H and O–H groups in total. The Hall–Kier alpha value is -1.29. The molecule has 1 aliphatic carbocycles. The Morgan fingerprint density at radius 2 is 2.12 bits per heavy atom. The monoisotopic (exact) mass is 251 g/mol. The lowest BCUT2D eigenvalue weighted by atomic mass is 10.1. The largest absolute Gasteiger partial charge is 0.246 e. The van der Waals surface area contributed by atoms with Crippen molar-refractivity contribution in [2.24, 2.45) is 0 Å². The van der Waals surface area contributed by atoms with Gasteiger partial charge in [-0.2, -0.15) is 0 Å². The molecule has 1 heterocycles.